The number of ether oxygens (including phenoxy) is 1. The summed E-state index contributed by atoms with van der Waals surface area (Å²) in [5.41, 5.74) is 14.6. The fraction of sp³-hybridized carbons (Fsp3) is 0.701. The van der Waals surface area contributed by atoms with E-state index in [1.807, 2.05) is 5.32 Å². The lowest BCUT2D eigenvalue weighted by atomic mass is 9.86. The lowest BCUT2D eigenvalue weighted by Gasteiger charge is -2.35. The Morgan fingerprint density at radius 1 is 0.618 bits per heavy atom. The summed E-state index contributed by atoms with van der Waals surface area (Å²) < 4.78 is 5.49. The monoisotopic (exact) mass is 1450 g/mol. The average Bonchev–Trinajstić information content (AvgIpc) is 0.805. The maximum Gasteiger partial charge on any atom is 0.408 e. The van der Waals surface area contributed by atoms with Gasteiger partial charge in [0.05, 0.1) is 31.4 Å². The third-order valence-corrected chi connectivity index (χ3v) is 16.1. The molecular formula is C67H115N17O18. The van der Waals surface area contributed by atoms with Crippen molar-refractivity contribution in [2.45, 2.75) is 240 Å². The molecule has 1 aromatic rings. The van der Waals surface area contributed by atoms with Crippen molar-refractivity contribution in [3.8, 4) is 0 Å². The number of rotatable bonds is 23. The molecule has 102 heavy (non-hydrogen) atoms. The molecule has 1 aliphatic rings. The van der Waals surface area contributed by atoms with Crippen molar-refractivity contribution in [1.82, 2.24) is 63.8 Å². The first-order valence-corrected chi connectivity index (χ1v) is 34.1. The molecule has 2 rings (SSSR count). The Morgan fingerprint density at radius 2 is 1.12 bits per heavy atom. The number of aliphatic imine (C=N–C) groups is 1. The minimum atomic E-state index is -2.59. The summed E-state index contributed by atoms with van der Waals surface area (Å²) in [6, 6.07) is -14.3. The van der Waals surface area contributed by atoms with Crippen molar-refractivity contribution in [2.75, 3.05) is 38.7 Å². The Kier molecular flexibility index (Phi) is 35.0. The number of carbonyl (C=O) groups excluding carboxylic acids is 13. The van der Waals surface area contributed by atoms with E-state index in [0.717, 1.165) is 6.92 Å². The molecular weight excluding hydrogens is 1330 g/mol. The first-order chi connectivity index (χ1) is 47.0. The van der Waals surface area contributed by atoms with Crippen molar-refractivity contribution >= 4 is 88.6 Å². The predicted molar refractivity (Wildman–Crippen MR) is 377 cm³/mol. The third kappa shape index (κ3) is 30.3. The molecule has 0 radical (unpaired) electrons. The highest BCUT2D eigenvalue weighted by molar-refractivity contribution is 6.01. The molecule has 13 amide bonds. The largest absolute Gasteiger partial charge is 0.444 e. The van der Waals surface area contributed by atoms with E-state index in [-0.39, 0.29) is 56.6 Å². The number of hydrogen-bond donors (Lipinski definition) is 19. The number of primary amides is 1. The number of nitrogens with zero attached hydrogens (tertiary/aromatic N) is 2. The van der Waals surface area contributed by atoms with Crippen LogP contribution in [-0.4, -0.2) is 221 Å². The van der Waals surface area contributed by atoms with Crippen molar-refractivity contribution < 1.29 is 87.5 Å². The Hall–Kier alpha value is -8.96. The lowest BCUT2D eigenvalue weighted by Crippen LogP contribution is -2.65. The molecule has 0 saturated carbocycles. The summed E-state index contributed by atoms with van der Waals surface area (Å²) in [4.78, 5) is 193. The first-order valence-electron chi connectivity index (χ1n) is 34.1. The Bertz CT molecular complexity index is 3090. The van der Waals surface area contributed by atoms with Gasteiger partial charge in [0.25, 0.3) is 0 Å². The van der Waals surface area contributed by atoms with E-state index in [0.29, 0.717) is 5.69 Å². The molecule has 35 heteroatoms. The Labute approximate surface area is 596 Å². The number of anilines is 1. The molecule has 0 spiro atoms. The van der Waals surface area contributed by atoms with E-state index in [2.05, 4.69) is 63.5 Å². The minimum absolute atomic E-state index is 0.00140. The molecule has 1 saturated heterocycles. The van der Waals surface area contributed by atoms with Gasteiger partial charge in [-0.2, -0.15) is 0 Å². The first kappa shape index (κ1) is 89.1. The van der Waals surface area contributed by atoms with Crippen LogP contribution in [0.25, 0.3) is 0 Å². The van der Waals surface area contributed by atoms with Crippen LogP contribution in [0.5, 0.6) is 0 Å². The van der Waals surface area contributed by atoms with Crippen LogP contribution < -0.4 is 85.9 Å². The number of guanidine groups is 1. The number of nitrogens with one attached hydrogen (secondary N) is 12. The summed E-state index contributed by atoms with van der Waals surface area (Å²) in [5, 5.41) is 74.4. The van der Waals surface area contributed by atoms with E-state index in [9.17, 15) is 68.4 Å². The Morgan fingerprint density at radius 3 is 1.61 bits per heavy atom. The number of hydrogen-bond acceptors (Lipinski definition) is 20. The third-order valence-electron chi connectivity index (χ3n) is 16.1. The van der Waals surface area contributed by atoms with E-state index in [4.69, 9.17) is 21.9 Å². The standard InChI is InChI=1S/C67H115N17O18/c1-19-34(6)44-59(97)80-45(35(7)86)58(96)72-30-43(87)78-49(51(89)52(68)90)62(100)76-42(31-85)57(95)81-46(36-22-24-37(25-23-36)84(17)18)47(82-56(94)40(28-65(8,9)10)75-55(93)41(29-66(11,12)13)77-64(101)102-67(14,15)16)60(98)83-48(50(88)33(4)5)61(99)74-39(27-32(2)3)54(92)73-38(53(91)79-44)21-20-26-71-63(69)70/h22-25,32-35,38-42,44-51,85-86,88-89H,19-21,26-31H2,1-18H3,(H2,68,90)(H,72,96)(H,73,92)(H,74,99)(H,75,93)(H,76,100)(H,77,101)(H,78,87)(H,79,91)(H,80,97)(H,81,95)(H,82,94)(H,83,98)(H4,69,70,71)/t34-,35-,38+,39-,40-,41+,42-,44-,45-,46?,47-,48-,49-,50+,51-/m0/s1. The average molecular weight is 1450 g/mol. The van der Waals surface area contributed by atoms with Crippen molar-refractivity contribution in [3.05, 3.63) is 29.8 Å². The van der Waals surface area contributed by atoms with Crippen LogP contribution in [-0.2, 0) is 62.3 Å². The van der Waals surface area contributed by atoms with E-state index >= 15 is 14.4 Å². The molecule has 22 N–H and O–H groups in total. The zero-order valence-corrected chi connectivity index (χ0v) is 62.1. The van der Waals surface area contributed by atoms with E-state index in [1.165, 1.54) is 26.0 Å². The number of benzene rings is 1. The van der Waals surface area contributed by atoms with Gasteiger partial charge in [0.15, 0.2) is 12.1 Å². The van der Waals surface area contributed by atoms with Crippen molar-refractivity contribution in [3.63, 3.8) is 0 Å². The number of aliphatic hydroxyl groups is 4. The van der Waals surface area contributed by atoms with Gasteiger partial charge in [-0.1, -0.05) is 102 Å². The molecule has 0 aromatic heterocycles. The van der Waals surface area contributed by atoms with Gasteiger partial charge in [-0.25, -0.2) is 4.79 Å². The molecule has 1 aliphatic heterocycles. The number of aliphatic hydroxyl groups excluding tert-OH is 4. The summed E-state index contributed by atoms with van der Waals surface area (Å²) in [6.45, 7) is 23.7. The second-order valence-corrected chi connectivity index (χ2v) is 30.1. The summed E-state index contributed by atoms with van der Waals surface area (Å²) in [6.07, 6.45) is -7.41. The molecule has 15 atom stereocenters. The molecule has 0 aliphatic carbocycles. The summed E-state index contributed by atoms with van der Waals surface area (Å²) >= 11 is 0. The van der Waals surface area contributed by atoms with Gasteiger partial charge in [-0.3, -0.25) is 62.5 Å². The highest BCUT2D eigenvalue weighted by Gasteiger charge is 2.44. The maximum absolute atomic E-state index is 15.8. The second kappa shape index (κ2) is 40.0. The van der Waals surface area contributed by atoms with Crippen LogP contribution in [0, 0.1) is 28.6 Å². The van der Waals surface area contributed by atoms with Crippen molar-refractivity contribution in [1.29, 1.82) is 0 Å². The van der Waals surface area contributed by atoms with Gasteiger partial charge in [-0.05, 0) is 106 Å². The lowest BCUT2D eigenvalue weighted by molar-refractivity contribution is -0.140. The SMILES string of the molecule is CC[C@H](C)[C@@H]1NC(=O)[C@@H](CCCN=C(N)N)NC(=O)[C@H](CC(C)C)NC(=O)[C@H]([C@H](O)C(C)C)NC(=O)[C@@H](NC(=O)[C@H](CC(C)(C)C)NC(=O)[C@@H](CC(C)(C)C)NC(=O)OC(C)(C)C)C(c2ccc(N(C)C)cc2)NC(=O)[C@H](CO)NC(=O)[C@H]([C@H](O)C(N)=O)NC(=O)CNC(=O)[C@H]([C@H](C)O)NC1=O. The van der Waals surface area contributed by atoms with Crippen LogP contribution in [0.3, 0.4) is 0 Å². The van der Waals surface area contributed by atoms with E-state index in [1.54, 1.807) is 121 Å². The summed E-state index contributed by atoms with van der Waals surface area (Å²) in [7, 11) is 3.39. The highest BCUT2D eigenvalue weighted by Crippen LogP contribution is 2.27. The van der Waals surface area contributed by atoms with Crippen LogP contribution in [0.4, 0.5) is 10.5 Å². The number of nitrogens with two attached hydrogens (primary N) is 3. The van der Waals surface area contributed by atoms with Crippen molar-refractivity contribution in [2.24, 2.45) is 50.8 Å². The number of carbonyl (C=O) groups is 13. The van der Waals surface area contributed by atoms with Gasteiger partial charge < -0.3 is 111 Å². The molecule has 0 bridgehead atoms. The zero-order chi connectivity index (χ0) is 78.2. The van der Waals surface area contributed by atoms with Gasteiger partial charge >= 0.3 is 6.09 Å². The maximum atomic E-state index is 15.8. The van der Waals surface area contributed by atoms with E-state index < -0.39 is 209 Å². The smallest absolute Gasteiger partial charge is 0.408 e. The highest BCUT2D eigenvalue weighted by atomic mass is 16.6. The molecule has 1 fully saturated rings. The topological polar surface area (TPSA) is 550 Å². The van der Waals surface area contributed by atoms with Gasteiger partial charge in [0.1, 0.15) is 66.0 Å². The molecule has 35 nitrogen and oxygen atoms in total. The molecule has 1 heterocycles. The zero-order valence-electron chi connectivity index (χ0n) is 62.1. The van der Waals surface area contributed by atoms with Crippen LogP contribution in [0.1, 0.15) is 161 Å². The molecule has 1 aromatic carbocycles. The fourth-order valence-corrected chi connectivity index (χ4v) is 10.5. The molecule has 1 unspecified atom stereocenters. The predicted octanol–water partition coefficient (Wildman–Crippen LogP) is -3.45. The second-order valence-electron chi connectivity index (χ2n) is 30.1. The minimum Gasteiger partial charge on any atom is -0.444 e. The van der Waals surface area contributed by atoms with Crippen LogP contribution >= 0.6 is 0 Å². The van der Waals surface area contributed by atoms with Gasteiger partial charge in [-0.15, -0.1) is 0 Å². The number of amides is 13. The Balaban J connectivity index is 3.29. The normalized spacial score (nSPS) is 23.5. The van der Waals surface area contributed by atoms with Crippen LogP contribution in [0.15, 0.2) is 29.3 Å². The summed E-state index contributed by atoms with van der Waals surface area (Å²) in [5.74, 6) is -16.9. The fourth-order valence-electron chi connectivity index (χ4n) is 10.5. The van der Waals surface area contributed by atoms with Gasteiger partial charge in [0, 0.05) is 26.3 Å². The van der Waals surface area contributed by atoms with Crippen LogP contribution in [0.2, 0.25) is 0 Å². The molecule has 576 valence electrons. The quantitative estimate of drug-likeness (QED) is 0.0288. The van der Waals surface area contributed by atoms with Gasteiger partial charge in [0.2, 0.25) is 70.9 Å². The number of alkyl carbamates (subject to hydrolysis) is 1.